The van der Waals surface area contributed by atoms with Gasteiger partial charge in [-0.2, -0.15) is 4.31 Å². The maximum Gasteiger partial charge on any atom is 0.218 e. The number of sulfonamides is 1. The van der Waals surface area contributed by atoms with Crippen molar-refractivity contribution in [3.8, 4) is 0 Å². The van der Waals surface area contributed by atoms with Gasteiger partial charge in [-0.15, -0.1) is 0 Å². The Balaban J connectivity index is 1.70. The molecule has 2 N–H and O–H groups in total. The fourth-order valence-corrected chi connectivity index (χ4v) is 4.68. The van der Waals surface area contributed by atoms with Crippen LogP contribution >= 0.6 is 0 Å². The van der Waals surface area contributed by atoms with Crippen molar-refractivity contribution in [1.29, 1.82) is 0 Å². The lowest BCUT2D eigenvalue weighted by molar-refractivity contribution is 0.310. The number of fused-ring (bicyclic) bond motifs is 1. The standard InChI is InChI=1S/C20H24N2O2S/c1-16-13-19-6-2-3-7-20(19)15-22(16)25(23,24)12-4-5-17-8-10-18(14-21)11-9-17/h2-11,16H,12-15,21H2,1H3/t16-/m1/s1. The molecule has 25 heavy (non-hydrogen) atoms. The van der Waals surface area contributed by atoms with Gasteiger partial charge >= 0.3 is 0 Å². The van der Waals surface area contributed by atoms with Crippen molar-refractivity contribution in [3.05, 3.63) is 76.9 Å². The summed E-state index contributed by atoms with van der Waals surface area (Å²) in [6.45, 7) is 2.94. The fraction of sp³-hybridized carbons (Fsp3) is 0.300. The van der Waals surface area contributed by atoms with Gasteiger partial charge in [0.05, 0.1) is 5.75 Å². The minimum absolute atomic E-state index is 0.0121. The maximum atomic E-state index is 12.8. The summed E-state index contributed by atoms with van der Waals surface area (Å²) in [6.07, 6.45) is 4.33. The van der Waals surface area contributed by atoms with Crippen LogP contribution in [0.1, 0.15) is 29.2 Å². The van der Waals surface area contributed by atoms with Gasteiger partial charge in [0.2, 0.25) is 10.0 Å². The van der Waals surface area contributed by atoms with Gasteiger partial charge in [0, 0.05) is 19.1 Å². The first-order valence-corrected chi connectivity index (χ1v) is 10.1. The minimum atomic E-state index is -3.33. The van der Waals surface area contributed by atoms with Crippen LogP contribution in [0, 0.1) is 0 Å². The van der Waals surface area contributed by atoms with Crippen molar-refractivity contribution in [2.24, 2.45) is 5.73 Å². The van der Waals surface area contributed by atoms with E-state index in [1.807, 2.05) is 55.5 Å². The molecule has 2 aromatic rings. The Morgan fingerprint density at radius 1 is 1.12 bits per heavy atom. The SMILES string of the molecule is C[C@@H]1Cc2ccccc2CN1S(=O)(=O)CC=Cc1ccc(CN)cc1. The van der Waals surface area contributed by atoms with Crippen molar-refractivity contribution >= 4 is 16.1 Å². The molecule has 1 aliphatic rings. The molecule has 5 heteroatoms. The van der Waals surface area contributed by atoms with Crippen molar-refractivity contribution < 1.29 is 8.42 Å². The van der Waals surface area contributed by atoms with Gasteiger partial charge in [0.15, 0.2) is 0 Å². The summed E-state index contributed by atoms with van der Waals surface area (Å²) in [7, 11) is -3.33. The normalized spacial score (nSPS) is 18.4. The highest BCUT2D eigenvalue weighted by Gasteiger charge is 2.30. The molecule has 0 fully saturated rings. The molecule has 1 aliphatic heterocycles. The van der Waals surface area contributed by atoms with Crippen LogP contribution in [0.25, 0.3) is 6.08 Å². The number of benzene rings is 2. The number of nitrogens with zero attached hydrogens (tertiary/aromatic N) is 1. The zero-order valence-electron chi connectivity index (χ0n) is 14.4. The summed E-state index contributed by atoms with van der Waals surface area (Å²) < 4.78 is 27.1. The second kappa shape index (κ2) is 7.52. The summed E-state index contributed by atoms with van der Waals surface area (Å²) in [5.41, 5.74) is 9.97. The Morgan fingerprint density at radius 3 is 2.48 bits per heavy atom. The van der Waals surface area contributed by atoms with Gasteiger partial charge in [0.1, 0.15) is 0 Å². The first-order valence-electron chi connectivity index (χ1n) is 8.51. The van der Waals surface area contributed by atoms with Crippen molar-refractivity contribution in [3.63, 3.8) is 0 Å². The third kappa shape index (κ3) is 4.18. The van der Waals surface area contributed by atoms with E-state index in [1.165, 1.54) is 5.56 Å². The molecule has 132 valence electrons. The highest BCUT2D eigenvalue weighted by atomic mass is 32.2. The Bertz CT molecular complexity index is 858. The van der Waals surface area contributed by atoms with Crippen LogP contribution in [0.3, 0.4) is 0 Å². The zero-order chi connectivity index (χ0) is 17.9. The number of nitrogens with two attached hydrogens (primary N) is 1. The Labute approximate surface area is 150 Å². The lowest BCUT2D eigenvalue weighted by Gasteiger charge is -2.33. The predicted molar refractivity (Wildman–Crippen MR) is 102 cm³/mol. The molecule has 0 amide bonds. The topological polar surface area (TPSA) is 63.4 Å². The highest BCUT2D eigenvalue weighted by molar-refractivity contribution is 7.89. The lowest BCUT2D eigenvalue weighted by Crippen LogP contribution is -2.43. The summed E-state index contributed by atoms with van der Waals surface area (Å²) in [5, 5.41) is 0. The van der Waals surface area contributed by atoms with Gasteiger partial charge in [0.25, 0.3) is 0 Å². The highest BCUT2D eigenvalue weighted by Crippen LogP contribution is 2.25. The van der Waals surface area contributed by atoms with E-state index in [-0.39, 0.29) is 11.8 Å². The third-order valence-corrected chi connectivity index (χ3v) is 6.46. The molecule has 1 heterocycles. The first-order chi connectivity index (χ1) is 12.0. The Hall–Kier alpha value is -1.95. The molecule has 0 bridgehead atoms. The van der Waals surface area contributed by atoms with E-state index >= 15 is 0 Å². The Morgan fingerprint density at radius 2 is 1.80 bits per heavy atom. The molecule has 0 aliphatic carbocycles. The van der Waals surface area contributed by atoms with E-state index in [9.17, 15) is 8.42 Å². The van der Waals surface area contributed by atoms with Crippen LogP contribution in [0.4, 0.5) is 0 Å². The molecule has 0 saturated carbocycles. The summed E-state index contributed by atoms with van der Waals surface area (Å²) in [4.78, 5) is 0. The molecular formula is C20H24N2O2S. The molecule has 2 aromatic carbocycles. The van der Waals surface area contributed by atoms with Crippen LogP contribution in [-0.4, -0.2) is 24.5 Å². The average molecular weight is 356 g/mol. The summed E-state index contributed by atoms with van der Waals surface area (Å²) >= 11 is 0. The van der Waals surface area contributed by atoms with E-state index in [1.54, 1.807) is 10.4 Å². The monoisotopic (exact) mass is 356 g/mol. The molecule has 4 nitrogen and oxygen atoms in total. The van der Waals surface area contributed by atoms with E-state index < -0.39 is 10.0 Å². The van der Waals surface area contributed by atoms with Gasteiger partial charge in [-0.05, 0) is 35.6 Å². The molecule has 0 aromatic heterocycles. The molecule has 3 rings (SSSR count). The maximum absolute atomic E-state index is 12.8. The van der Waals surface area contributed by atoms with Crippen LogP contribution < -0.4 is 5.73 Å². The van der Waals surface area contributed by atoms with Gasteiger partial charge in [-0.3, -0.25) is 0 Å². The first kappa shape index (κ1) is 17.9. The Kier molecular flexibility index (Phi) is 5.37. The van der Waals surface area contributed by atoms with Crippen LogP contribution in [0.5, 0.6) is 0 Å². The lowest BCUT2D eigenvalue weighted by atomic mass is 9.97. The second-order valence-corrected chi connectivity index (χ2v) is 8.46. The fourth-order valence-electron chi connectivity index (χ4n) is 3.19. The summed E-state index contributed by atoms with van der Waals surface area (Å²) in [5.74, 6) is 0.0121. The quantitative estimate of drug-likeness (QED) is 0.896. The molecule has 0 saturated heterocycles. The van der Waals surface area contributed by atoms with E-state index in [0.717, 1.165) is 23.1 Å². The molecular weight excluding hydrogens is 332 g/mol. The van der Waals surface area contributed by atoms with Crippen LogP contribution in [0.2, 0.25) is 0 Å². The number of hydrogen-bond donors (Lipinski definition) is 1. The molecule has 0 unspecified atom stereocenters. The molecule has 0 spiro atoms. The smallest absolute Gasteiger partial charge is 0.218 e. The van der Waals surface area contributed by atoms with Gasteiger partial charge in [-0.25, -0.2) is 8.42 Å². The molecule has 0 radical (unpaired) electrons. The third-order valence-electron chi connectivity index (χ3n) is 4.64. The summed E-state index contributed by atoms with van der Waals surface area (Å²) in [6, 6.07) is 15.9. The number of rotatable bonds is 5. The van der Waals surface area contributed by atoms with Gasteiger partial charge < -0.3 is 5.73 Å². The van der Waals surface area contributed by atoms with Crippen LogP contribution in [-0.2, 0) is 29.5 Å². The van der Waals surface area contributed by atoms with E-state index in [2.05, 4.69) is 6.07 Å². The van der Waals surface area contributed by atoms with Crippen molar-refractivity contribution in [1.82, 2.24) is 4.31 Å². The largest absolute Gasteiger partial charge is 0.326 e. The average Bonchev–Trinajstić information content (AvgIpc) is 2.61. The van der Waals surface area contributed by atoms with Crippen LogP contribution in [0.15, 0.2) is 54.6 Å². The predicted octanol–water partition coefficient (Wildman–Crippen LogP) is 2.94. The molecule has 1 atom stereocenters. The number of hydrogen-bond acceptors (Lipinski definition) is 3. The second-order valence-electron chi connectivity index (χ2n) is 6.49. The van der Waals surface area contributed by atoms with E-state index in [0.29, 0.717) is 13.1 Å². The van der Waals surface area contributed by atoms with Crippen molar-refractivity contribution in [2.45, 2.75) is 32.5 Å². The van der Waals surface area contributed by atoms with Gasteiger partial charge in [-0.1, -0.05) is 60.7 Å². The zero-order valence-corrected chi connectivity index (χ0v) is 15.2. The van der Waals surface area contributed by atoms with Crippen molar-refractivity contribution in [2.75, 3.05) is 5.75 Å². The minimum Gasteiger partial charge on any atom is -0.326 e. The van der Waals surface area contributed by atoms with E-state index in [4.69, 9.17) is 5.73 Å².